The lowest BCUT2D eigenvalue weighted by atomic mass is 9.87. The monoisotopic (exact) mass is 542 g/mol. The highest BCUT2D eigenvalue weighted by Gasteiger charge is 2.59. The van der Waals surface area contributed by atoms with Crippen LogP contribution in [-0.4, -0.2) is 34.3 Å². The highest BCUT2D eigenvalue weighted by molar-refractivity contribution is 6.23. The third-order valence-electron chi connectivity index (χ3n) is 7.95. The standard InChI is InChI=1S/C33H26N4O4/c1-33-29-27(26-9-5-6-10-28(26)35-29)19-20-36(33)32(40)37(31(33)39)23-15-11-21(12-16-23)30(38)34-22-13-17-25(18-14-22)41-24-7-3-2-4-8-24/h2-18,35H,19-20H2,1H3,(H,34,38). The maximum atomic E-state index is 13.9. The molecule has 0 spiro atoms. The maximum Gasteiger partial charge on any atom is 0.332 e. The van der Waals surface area contributed by atoms with Gasteiger partial charge < -0.3 is 19.9 Å². The van der Waals surface area contributed by atoms with Crippen molar-refractivity contribution in [3.8, 4) is 11.5 Å². The SMILES string of the molecule is CC12C(=O)N(c3ccc(C(=O)Nc4ccc(Oc5ccccc5)cc4)cc3)C(=O)N1CCc1c2[nH]c2ccccc12. The number of para-hydroxylation sites is 2. The second kappa shape index (κ2) is 9.38. The summed E-state index contributed by atoms with van der Waals surface area (Å²) >= 11 is 0. The van der Waals surface area contributed by atoms with Gasteiger partial charge in [0, 0.05) is 28.7 Å². The van der Waals surface area contributed by atoms with E-state index in [1.807, 2.05) is 54.6 Å². The molecule has 2 aliphatic heterocycles. The van der Waals surface area contributed by atoms with Crippen LogP contribution in [0.4, 0.5) is 16.2 Å². The first-order valence-electron chi connectivity index (χ1n) is 13.4. The number of hydrogen-bond donors (Lipinski definition) is 2. The van der Waals surface area contributed by atoms with Crippen molar-refractivity contribution in [3.63, 3.8) is 0 Å². The molecule has 4 amide bonds. The first-order valence-corrected chi connectivity index (χ1v) is 13.4. The molecule has 0 aliphatic carbocycles. The molecule has 5 aromatic rings. The lowest BCUT2D eigenvalue weighted by Crippen LogP contribution is -2.49. The zero-order chi connectivity index (χ0) is 28.1. The Morgan fingerprint density at radius 3 is 2.29 bits per heavy atom. The molecule has 202 valence electrons. The summed E-state index contributed by atoms with van der Waals surface area (Å²) in [5.74, 6) is 0.763. The fourth-order valence-electron chi connectivity index (χ4n) is 5.82. The van der Waals surface area contributed by atoms with Crippen LogP contribution in [0.2, 0.25) is 0 Å². The van der Waals surface area contributed by atoms with Crippen molar-refractivity contribution in [1.29, 1.82) is 0 Å². The number of nitrogens with zero attached hydrogens (tertiary/aromatic N) is 2. The Bertz CT molecular complexity index is 1810. The van der Waals surface area contributed by atoms with Crippen LogP contribution in [0.5, 0.6) is 11.5 Å². The van der Waals surface area contributed by atoms with E-state index in [4.69, 9.17) is 4.74 Å². The van der Waals surface area contributed by atoms with Gasteiger partial charge in [0.15, 0.2) is 5.54 Å². The molecule has 1 unspecified atom stereocenters. The van der Waals surface area contributed by atoms with Crippen molar-refractivity contribution in [3.05, 3.63) is 120 Å². The van der Waals surface area contributed by atoms with Gasteiger partial charge in [0.25, 0.3) is 11.8 Å². The van der Waals surface area contributed by atoms with E-state index in [-0.39, 0.29) is 17.8 Å². The molecule has 1 aromatic heterocycles. The summed E-state index contributed by atoms with van der Waals surface area (Å²) in [6.45, 7) is 2.25. The number of carbonyl (C=O) groups is 3. The van der Waals surface area contributed by atoms with Crippen molar-refractivity contribution < 1.29 is 19.1 Å². The lowest BCUT2D eigenvalue weighted by molar-refractivity contribution is -0.125. The Kier molecular flexibility index (Phi) is 5.64. The predicted octanol–water partition coefficient (Wildman–Crippen LogP) is 6.45. The summed E-state index contributed by atoms with van der Waals surface area (Å²) in [5, 5.41) is 3.95. The third-order valence-corrected chi connectivity index (χ3v) is 7.95. The van der Waals surface area contributed by atoms with Crippen LogP contribution >= 0.6 is 0 Å². The van der Waals surface area contributed by atoms with E-state index >= 15 is 0 Å². The Hall–Kier alpha value is -5.37. The molecule has 0 radical (unpaired) electrons. The molecule has 0 saturated carbocycles. The second-order valence-corrected chi connectivity index (χ2v) is 10.4. The number of rotatable bonds is 5. The van der Waals surface area contributed by atoms with Crippen LogP contribution in [0.15, 0.2) is 103 Å². The van der Waals surface area contributed by atoms with Crippen LogP contribution in [0.25, 0.3) is 10.9 Å². The summed E-state index contributed by atoms with van der Waals surface area (Å²) in [6.07, 6.45) is 0.667. The molecule has 7 rings (SSSR count). The van der Waals surface area contributed by atoms with Gasteiger partial charge in [-0.25, -0.2) is 9.69 Å². The minimum Gasteiger partial charge on any atom is -0.457 e. The molecule has 2 aliphatic rings. The van der Waals surface area contributed by atoms with Gasteiger partial charge in [0.2, 0.25) is 0 Å². The molecular weight excluding hydrogens is 516 g/mol. The van der Waals surface area contributed by atoms with E-state index in [1.165, 1.54) is 4.90 Å². The van der Waals surface area contributed by atoms with E-state index in [1.54, 1.807) is 60.4 Å². The largest absolute Gasteiger partial charge is 0.457 e. The van der Waals surface area contributed by atoms with Crippen LogP contribution in [0, 0.1) is 0 Å². The van der Waals surface area contributed by atoms with Gasteiger partial charge >= 0.3 is 6.03 Å². The number of anilines is 2. The minimum atomic E-state index is -1.13. The number of benzene rings is 4. The number of ether oxygens (including phenoxy) is 1. The van der Waals surface area contributed by atoms with Crippen LogP contribution in [0.3, 0.4) is 0 Å². The van der Waals surface area contributed by atoms with E-state index in [9.17, 15) is 14.4 Å². The first kappa shape index (κ1) is 24.7. The number of aromatic nitrogens is 1. The van der Waals surface area contributed by atoms with E-state index in [2.05, 4.69) is 10.3 Å². The minimum absolute atomic E-state index is 0.306. The molecular formula is C33H26N4O4. The number of fused-ring (bicyclic) bond motifs is 5. The van der Waals surface area contributed by atoms with E-state index in [0.29, 0.717) is 35.7 Å². The normalized spacial score (nSPS) is 17.9. The van der Waals surface area contributed by atoms with Crippen LogP contribution in [-0.2, 0) is 16.8 Å². The zero-order valence-electron chi connectivity index (χ0n) is 22.3. The first-order chi connectivity index (χ1) is 19.9. The summed E-state index contributed by atoms with van der Waals surface area (Å²) in [4.78, 5) is 46.6. The molecule has 0 bridgehead atoms. The topological polar surface area (TPSA) is 94.7 Å². The molecule has 3 heterocycles. The van der Waals surface area contributed by atoms with Crippen LogP contribution in [0.1, 0.15) is 28.5 Å². The predicted molar refractivity (Wildman–Crippen MR) is 156 cm³/mol. The Balaban J connectivity index is 1.08. The maximum absolute atomic E-state index is 13.9. The number of H-pyrrole nitrogens is 1. The quantitative estimate of drug-likeness (QED) is 0.250. The van der Waals surface area contributed by atoms with Gasteiger partial charge in [-0.3, -0.25) is 9.59 Å². The summed E-state index contributed by atoms with van der Waals surface area (Å²) in [6, 6.07) is 30.6. The Morgan fingerprint density at radius 2 is 1.54 bits per heavy atom. The summed E-state index contributed by atoms with van der Waals surface area (Å²) in [7, 11) is 0. The van der Waals surface area contributed by atoms with Crippen molar-refractivity contribution in [2.45, 2.75) is 18.9 Å². The molecule has 1 saturated heterocycles. The molecule has 2 N–H and O–H groups in total. The number of carbonyl (C=O) groups excluding carboxylic acids is 3. The number of nitrogens with one attached hydrogen (secondary N) is 2. The number of imide groups is 1. The van der Waals surface area contributed by atoms with Gasteiger partial charge in [-0.1, -0.05) is 36.4 Å². The Labute approximate surface area is 236 Å². The fourth-order valence-corrected chi connectivity index (χ4v) is 5.82. The molecule has 41 heavy (non-hydrogen) atoms. The average Bonchev–Trinajstić information content (AvgIpc) is 3.48. The smallest absolute Gasteiger partial charge is 0.332 e. The number of aromatic amines is 1. The number of urea groups is 1. The third kappa shape index (κ3) is 3.95. The lowest BCUT2D eigenvalue weighted by Gasteiger charge is -2.35. The van der Waals surface area contributed by atoms with Crippen molar-refractivity contribution in [2.24, 2.45) is 0 Å². The molecule has 1 atom stereocenters. The molecule has 8 nitrogen and oxygen atoms in total. The number of hydrogen-bond acceptors (Lipinski definition) is 4. The molecule has 4 aromatic carbocycles. The van der Waals surface area contributed by atoms with Gasteiger partial charge in [0.1, 0.15) is 11.5 Å². The Morgan fingerprint density at radius 1 is 0.854 bits per heavy atom. The highest BCUT2D eigenvalue weighted by Crippen LogP contribution is 2.45. The summed E-state index contributed by atoms with van der Waals surface area (Å²) in [5.41, 5.74) is 3.11. The average molecular weight is 543 g/mol. The van der Waals surface area contributed by atoms with Crippen molar-refractivity contribution in [2.75, 3.05) is 16.8 Å². The van der Waals surface area contributed by atoms with Crippen molar-refractivity contribution in [1.82, 2.24) is 9.88 Å². The highest BCUT2D eigenvalue weighted by atomic mass is 16.5. The summed E-state index contributed by atoms with van der Waals surface area (Å²) < 4.78 is 5.80. The van der Waals surface area contributed by atoms with Crippen LogP contribution < -0.4 is 15.0 Å². The molecule has 1 fully saturated rings. The second-order valence-electron chi connectivity index (χ2n) is 10.4. The number of amides is 4. The zero-order valence-corrected chi connectivity index (χ0v) is 22.3. The van der Waals surface area contributed by atoms with Gasteiger partial charge in [-0.15, -0.1) is 0 Å². The van der Waals surface area contributed by atoms with E-state index < -0.39 is 5.54 Å². The van der Waals surface area contributed by atoms with Crippen molar-refractivity contribution >= 4 is 40.1 Å². The van der Waals surface area contributed by atoms with E-state index in [0.717, 1.165) is 27.9 Å². The molecule has 8 heteroatoms. The van der Waals surface area contributed by atoms with Gasteiger partial charge in [-0.05, 0) is 85.6 Å². The fraction of sp³-hybridized carbons (Fsp3) is 0.121. The van der Waals surface area contributed by atoms with Gasteiger partial charge in [-0.2, -0.15) is 0 Å². The van der Waals surface area contributed by atoms with Gasteiger partial charge in [0.05, 0.1) is 11.4 Å².